The molecule has 124 valence electrons. The molecule has 0 amide bonds. The second-order valence-corrected chi connectivity index (χ2v) is 6.56. The molecular formula is C19H17ClF2N2. The van der Waals surface area contributed by atoms with Gasteiger partial charge in [-0.25, -0.2) is 8.78 Å². The number of halogens is 3. The van der Waals surface area contributed by atoms with E-state index in [1.807, 2.05) is 12.1 Å². The third kappa shape index (κ3) is 3.58. The molecule has 1 unspecified atom stereocenters. The van der Waals surface area contributed by atoms with Gasteiger partial charge in [-0.05, 0) is 79.2 Å². The van der Waals surface area contributed by atoms with E-state index in [1.165, 1.54) is 12.1 Å². The van der Waals surface area contributed by atoms with Crippen molar-refractivity contribution in [3.05, 3.63) is 69.7 Å². The first-order valence-corrected chi connectivity index (χ1v) is 8.30. The predicted octanol–water partition coefficient (Wildman–Crippen LogP) is 4.43. The van der Waals surface area contributed by atoms with Crippen LogP contribution in [0.4, 0.5) is 8.78 Å². The van der Waals surface area contributed by atoms with Gasteiger partial charge in [-0.1, -0.05) is 17.7 Å². The maximum Gasteiger partial charge on any atom is 0.126 e. The molecule has 3 rings (SSSR count). The van der Waals surface area contributed by atoms with Crippen molar-refractivity contribution >= 4 is 11.6 Å². The highest BCUT2D eigenvalue weighted by molar-refractivity contribution is 6.31. The molecule has 2 aromatic carbocycles. The van der Waals surface area contributed by atoms with E-state index in [1.54, 1.807) is 12.1 Å². The van der Waals surface area contributed by atoms with Crippen molar-refractivity contribution in [3.63, 3.8) is 0 Å². The van der Waals surface area contributed by atoms with Gasteiger partial charge in [0, 0.05) is 0 Å². The fourth-order valence-corrected chi connectivity index (χ4v) is 3.60. The van der Waals surface area contributed by atoms with Crippen LogP contribution in [0.5, 0.6) is 0 Å². The van der Waals surface area contributed by atoms with E-state index >= 15 is 0 Å². The molecule has 1 saturated heterocycles. The Bertz CT molecular complexity index is 779. The van der Waals surface area contributed by atoms with Crippen molar-refractivity contribution in [3.8, 4) is 6.07 Å². The van der Waals surface area contributed by atoms with E-state index < -0.39 is 11.6 Å². The van der Waals surface area contributed by atoms with Crippen molar-refractivity contribution < 1.29 is 8.78 Å². The van der Waals surface area contributed by atoms with Gasteiger partial charge in [0.25, 0.3) is 0 Å². The Morgan fingerprint density at radius 2 is 2.08 bits per heavy atom. The number of hydrogen-bond acceptors (Lipinski definition) is 2. The maximum absolute atomic E-state index is 14.1. The van der Waals surface area contributed by atoms with Crippen molar-refractivity contribution in [2.45, 2.75) is 18.8 Å². The summed E-state index contributed by atoms with van der Waals surface area (Å²) in [6.07, 6.45) is 1.37. The van der Waals surface area contributed by atoms with Crippen LogP contribution in [0.3, 0.4) is 0 Å². The first-order valence-electron chi connectivity index (χ1n) is 7.92. The molecule has 1 fully saturated rings. The fraction of sp³-hybridized carbons (Fsp3) is 0.316. The highest BCUT2D eigenvalue weighted by Crippen LogP contribution is 2.35. The van der Waals surface area contributed by atoms with Gasteiger partial charge in [0.2, 0.25) is 0 Å². The number of nitrogens with one attached hydrogen (secondary N) is 1. The average molecular weight is 347 g/mol. The Balaban J connectivity index is 1.96. The van der Waals surface area contributed by atoms with Gasteiger partial charge in [0.15, 0.2) is 0 Å². The number of nitriles is 1. The molecule has 2 aromatic rings. The molecule has 0 aliphatic carbocycles. The van der Waals surface area contributed by atoms with Gasteiger partial charge < -0.3 is 5.32 Å². The Morgan fingerprint density at radius 3 is 2.75 bits per heavy atom. The summed E-state index contributed by atoms with van der Waals surface area (Å²) in [4.78, 5) is 0. The summed E-state index contributed by atoms with van der Waals surface area (Å²) in [5.74, 6) is -0.502. The summed E-state index contributed by atoms with van der Waals surface area (Å²) in [6.45, 7) is 1.75. The van der Waals surface area contributed by atoms with Crippen LogP contribution in [0.15, 0.2) is 36.4 Å². The zero-order valence-electron chi connectivity index (χ0n) is 13.0. The minimum atomic E-state index is -0.437. The lowest BCUT2D eigenvalue weighted by molar-refractivity contribution is 0.446. The number of nitrogens with zero attached hydrogens (tertiary/aromatic N) is 1. The fourth-order valence-electron chi connectivity index (χ4n) is 3.37. The molecule has 0 aromatic heterocycles. The minimum Gasteiger partial charge on any atom is -0.316 e. The van der Waals surface area contributed by atoms with Crippen molar-refractivity contribution in [2.75, 3.05) is 13.1 Å². The van der Waals surface area contributed by atoms with E-state index in [-0.39, 0.29) is 5.92 Å². The Hall–Kier alpha value is -1.96. The third-order valence-electron chi connectivity index (χ3n) is 4.66. The molecule has 1 N–H and O–H groups in total. The molecule has 24 heavy (non-hydrogen) atoms. The predicted molar refractivity (Wildman–Crippen MR) is 89.9 cm³/mol. The molecule has 0 bridgehead atoms. The van der Waals surface area contributed by atoms with Gasteiger partial charge in [0.1, 0.15) is 17.7 Å². The second kappa shape index (κ2) is 7.29. The lowest BCUT2D eigenvalue weighted by Crippen LogP contribution is -2.19. The van der Waals surface area contributed by atoms with Gasteiger partial charge in [-0.3, -0.25) is 0 Å². The van der Waals surface area contributed by atoms with Gasteiger partial charge in [-0.2, -0.15) is 5.26 Å². The summed E-state index contributed by atoms with van der Waals surface area (Å²) < 4.78 is 27.6. The van der Waals surface area contributed by atoms with E-state index in [4.69, 9.17) is 16.9 Å². The summed E-state index contributed by atoms with van der Waals surface area (Å²) in [6, 6.07) is 10.9. The lowest BCUT2D eigenvalue weighted by atomic mass is 9.80. The van der Waals surface area contributed by atoms with E-state index in [0.29, 0.717) is 28.5 Å². The summed E-state index contributed by atoms with van der Waals surface area (Å²) in [7, 11) is 0. The van der Waals surface area contributed by atoms with Crippen LogP contribution in [-0.4, -0.2) is 13.1 Å². The maximum atomic E-state index is 14.1. The molecule has 1 aliphatic heterocycles. The minimum absolute atomic E-state index is 0.0153. The summed E-state index contributed by atoms with van der Waals surface area (Å²) in [5, 5.41) is 12.7. The summed E-state index contributed by atoms with van der Waals surface area (Å²) >= 11 is 6.17. The Kier molecular flexibility index (Phi) is 5.13. The highest BCUT2D eigenvalue weighted by Gasteiger charge is 2.28. The molecule has 2 atom stereocenters. The molecule has 0 spiro atoms. The molecular weight excluding hydrogens is 330 g/mol. The lowest BCUT2D eigenvalue weighted by Gasteiger charge is -2.24. The van der Waals surface area contributed by atoms with Crippen molar-refractivity contribution in [1.29, 1.82) is 5.26 Å². The van der Waals surface area contributed by atoms with E-state index in [9.17, 15) is 8.78 Å². The summed E-state index contributed by atoms with van der Waals surface area (Å²) in [5.41, 5.74) is 1.74. The van der Waals surface area contributed by atoms with Crippen LogP contribution in [0.25, 0.3) is 0 Å². The Labute approximate surface area is 145 Å². The van der Waals surface area contributed by atoms with E-state index in [0.717, 1.165) is 31.1 Å². The standard InChI is InChI=1S/C19H17ClF2N2/c20-18-9-12(1-2-13(18)10-23)17(14-5-6-24-11-14)8-15-7-16(21)3-4-19(15)22/h1-4,7,9,14,17,24H,5-6,8,11H2/t14-,17?/m0/s1. The van der Waals surface area contributed by atoms with E-state index in [2.05, 4.69) is 5.32 Å². The number of benzene rings is 2. The molecule has 1 heterocycles. The third-order valence-corrected chi connectivity index (χ3v) is 4.97. The smallest absolute Gasteiger partial charge is 0.126 e. The first-order chi connectivity index (χ1) is 11.6. The molecule has 0 saturated carbocycles. The highest BCUT2D eigenvalue weighted by atomic mass is 35.5. The molecule has 0 radical (unpaired) electrons. The van der Waals surface area contributed by atoms with Crippen molar-refractivity contribution in [1.82, 2.24) is 5.32 Å². The van der Waals surface area contributed by atoms with Crippen molar-refractivity contribution in [2.24, 2.45) is 5.92 Å². The normalized spacial score (nSPS) is 18.3. The molecule has 5 heteroatoms. The van der Waals surface area contributed by atoms with Gasteiger partial charge in [0.05, 0.1) is 10.6 Å². The van der Waals surface area contributed by atoms with Crippen LogP contribution in [0.2, 0.25) is 5.02 Å². The van der Waals surface area contributed by atoms with Crippen LogP contribution in [0.1, 0.15) is 29.0 Å². The molecule has 1 aliphatic rings. The zero-order chi connectivity index (χ0) is 17.1. The number of rotatable bonds is 4. The van der Waals surface area contributed by atoms with Crippen LogP contribution < -0.4 is 5.32 Å². The number of hydrogen-bond donors (Lipinski definition) is 1. The SMILES string of the molecule is N#Cc1ccc(C(Cc2cc(F)ccc2F)[C@H]2CCNC2)cc1Cl. The van der Waals surface area contributed by atoms with Gasteiger partial charge in [-0.15, -0.1) is 0 Å². The second-order valence-electron chi connectivity index (χ2n) is 6.15. The quantitative estimate of drug-likeness (QED) is 0.889. The molecule has 2 nitrogen and oxygen atoms in total. The zero-order valence-corrected chi connectivity index (χ0v) is 13.8. The van der Waals surface area contributed by atoms with Gasteiger partial charge >= 0.3 is 0 Å². The monoisotopic (exact) mass is 346 g/mol. The Morgan fingerprint density at radius 1 is 1.25 bits per heavy atom. The largest absolute Gasteiger partial charge is 0.316 e. The first kappa shape index (κ1) is 16.9. The topological polar surface area (TPSA) is 35.8 Å². The van der Waals surface area contributed by atoms with Crippen LogP contribution in [0, 0.1) is 28.9 Å². The van der Waals surface area contributed by atoms with Crippen LogP contribution >= 0.6 is 11.6 Å². The average Bonchev–Trinajstić information content (AvgIpc) is 3.09. The van der Waals surface area contributed by atoms with Crippen LogP contribution in [-0.2, 0) is 6.42 Å².